The van der Waals surface area contributed by atoms with Crippen LogP contribution >= 0.6 is 23.4 Å². The minimum absolute atomic E-state index is 0.438. The molecule has 2 aliphatic heterocycles. The highest BCUT2D eigenvalue weighted by molar-refractivity contribution is 7.98. The Balaban J connectivity index is 2.21. The predicted octanol–water partition coefficient (Wildman–Crippen LogP) is 2.95. The van der Waals surface area contributed by atoms with Crippen molar-refractivity contribution >= 4 is 23.4 Å². The standard InChI is InChI=1S/C12H13ClO2S/c13-9-5-7-1-3-15-12(7)8-6-16-4-2-10(14)11(8)9/h5,10,14H,1-4,6H2. The Labute approximate surface area is 104 Å². The monoisotopic (exact) mass is 256 g/mol. The first-order chi connectivity index (χ1) is 7.77. The summed E-state index contributed by atoms with van der Waals surface area (Å²) in [6.45, 7) is 0.739. The number of aliphatic hydroxyl groups is 1. The van der Waals surface area contributed by atoms with Gasteiger partial charge in [-0.25, -0.2) is 0 Å². The van der Waals surface area contributed by atoms with E-state index in [4.69, 9.17) is 16.3 Å². The minimum atomic E-state index is -0.438. The van der Waals surface area contributed by atoms with Crippen molar-refractivity contribution < 1.29 is 9.84 Å². The molecule has 2 nitrogen and oxygen atoms in total. The minimum Gasteiger partial charge on any atom is -0.493 e. The molecule has 2 aliphatic rings. The van der Waals surface area contributed by atoms with Crippen molar-refractivity contribution in [1.29, 1.82) is 0 Å². The van der Waals surface area contributed by atoms with Crippen LogP contribution in [-0.2, 0) is 12.2 Å². The third-order valence-electron chi connectivity index (χ3n) is 3.18. The van der Waals surface area contributed by atoms with Crippen LogP contribution in [0.15, 0.2) is 6.07 Å². The van der Waals surface area contributed by atoms with E-state index in [1.807, 2.05) is 17.8 Å². The van der Waals surface area contributed by atoms with Crippen molar-refractivity contribution in [3.8, 4) is 5.75 Å². The molecule has 0 aliphatic carbocycles. The molecule has 1 unspecified atom stereocenters. The molecule has 0 amide bonds. The first kappa shape index (κ1) is 10.8. The van der Waals surface area contributed by atoms with E-state index in [1.54, 1.807) is 0 Å². The Morgan fingerprint density at radius 3 is 3.25 bits per heavy atom. The maximum absolute atomic E-state index is 10.1. The van der Waals surface area contributed by atoms with Crippen molar-refractivity contribution in [2.75, 3.05) is 12.4 Å². The quantitative estimate of drug-likeness (QED) is 0.774. The molecule has 4 heteroatoms. The fraction of sp³-hybridized carbons (Fsp3) is 0.500. The summed E-state index contributed by atoms with van der Waals surface area (Å²) in [5, 5.41) is 10.8. The van der Waals surface area contributed by atoms with Gasteiger partial charge in [0, 0.05) is 28.3 Å². The van der Waals surface area contributed by atoms with Crippen molar-refractivity contribution in [3.63, 3.8) is 0 Å². The van der Waals surface area contributed by atoms with Gasteiger partial charge in [0.25, 0.3) is 0 Å². The van der Waals surface area contributed by atoms with Crippen LogP contribution in [-0.4, -0.2) is 17.5 Å². The van der Waals surface area contributed by atoms with E-state index in [1.165, 1.54) is 5.56 Å². The van der Waals surface area contributed by atoms with E-state index in [-0.39, 0.29) is 0 Å². The Morgan fingerprint density at radius 1 is 1.50 bits per heavy atom. The lowest BCUT2D eigenvalue weighted by Crippen LogP contribution is -2.02. The fourth-order valence-corrected chi connectivity index (χ4v) is 3.80. The number of halogens is 1. The lowest BCUT2D eigenvalue weighted by Gasteiger charge is -2.16. The molecule has 86 valence electrons. The summed E-state index contributed by atoms with van der Waals surface area (Å²) in [5.74, 6) is 2.85. The third-order valence-corrected chi connectivity index (χ3v) is 4.51. The number of ether oxygens (including phenoxy) is 1. The normalized spacial score (nSPS) is 23.2. The molecule has 0 saturated heterocycles. The van der Waals surface area contributed by atoms with E-state index >= 15 is 0 Å². The second-order valence-corrected chi connectivity index (χ2v) is 5.71. The fourth-order valence-electron chi connectivity index (χ4n) is 2.40. The average Bonchev–Trinajstić information content (AvgIpc) is 2.62. The molecule has 0 radical (unpaired) electrons. The summed E-state index contributed by atoms with van der Waals surface area (Å²) in [7, 11) is 0. The van der Waals surface area contributed by atoms with Gasteiger partial charge in [0.15, 0.2) is 0 Å². The molecular weight excluding hydrogens is 244 g/mol. The van der Waals surface area contributed by atoms with Crippen molar-refractivity contribution in [3.05, 3.63) is 27.8 Å². The molecule has 1 N–H and O–H groups in total. The molecule has 2 heterocycles. The topological polar surface area (TPSA) is 29.5 Å². The summed E-state index contributed by atoms with van der Waals surface area (Å²) in [6, 6.07) is 1.96. The van der Waals surface area contributed by atoms with Gasteiger partial charge in [0.1, 0.15) is 5.75 Å². The van der Waals surface area contributed by atoms with Gasteiger partial charge in [-0.05, 0) is 23.8 Å². The van der Waals surface area contributed by atoms with Gasteiger partial charge in [-0.15, -0.1) is 0 Å². The number of hydrogen-bond donors (Lipinski definition) is 1. The highest BCUT2D eigenvalue weighted by Crippen LogP contribution is 2.43. The molecule has 0 bridgehead atoms. The van der Waals surface area contributed by atoms with Gasteiger partial charge in [-0.1, -0.05) is 11.6 Å². The van der Waals surface area contributed by atoms with Gasteiger partial charge in [0.2, 0.25) is 0 Å². The first-order valence-electron chi connectivity index (χ1n) is 5.50. The number of aliphatic hydroxyl groups excluding tert-OH is 1. The highest BCUT2D eigenvalue weighted by Gasteiger charge is 2.27. The average molecular weight is 257 g/mol. The van der Waals surface area contributed by atoms with Gasteiger partial charge in [-0.3, -0.25) is 0 Å². The second kappa shape index (κ2) is 4.13. The van der Waals surface area contributed by atoms with Crippen LogP contribution in [0.3, 0.4) is 0 Å². The SMILES string of the molecule is OC1CCSCc2c3c(cc(Cl)c21)CCO3. The van der Waals surface area contributed by atoms with Crippen LogP contribution in [0.1, 0.15) is 29.2 Å². The summed E-state index contributed by atoms with van der Waals surface area (Å²) >= 11 is 8.11. The molecule has 1 aromatic carbocycles. The second-order valence-electron chi connectivity index (χ2n) is 4.19. The van der Waals surface area contributed by atoms with E-state index in [9.17, 15) is 5.11 Å². The number of thioether (sulfide) groups is 1. The summed E-state index contributed by atoms with van der Waals surface area (Å²) in [4.78, 5) is 0. The van der Waals surface area contributed by atoms with Crippen molar-refractivity contribution in [2.45, 2.75) is 24.7 Å². The third kappa shape index (κ3) is 1.62. The maximum Gasteiger partial charge on any atom is 0.127 e. The zero-order valence-electron chi connectivity index (χ0n) is 8.83. The van der Waals surface area contributed by atoms with E-state index < -0.39 is 6.10 Å². The van der Waals surface area contributed by atoms with Crippen LogP contribution < -0.4 is 4.74 Å². The highest BCUT2D eigenvalue weighted by atomic mass is 35.5. The molecule has 0 saturated carbocycles. The van der Waals surface area contributed by atoms with E-state index in [0.29, 0.717) is 5.02 Å². The summed E-state index contributed by atoms with van der Waals surface area (Å²) < 4.78 is 5.67. The van der Waals surface area contributed by atoms with Crippen molar-refractivity contribution in [2.24, 2.45) is 0 Å². The Bertz CT molecular complexity index is 434. The zero-order chi connectivity index (χ0) is 11.1. The Hall–Kier alpha value is -0.380. The largest absolute Gasteiger partial charge is 0.493 e. The molecular formula is C12H13ClO2S. The first-order valence-corrected chi connectivity index (χ1v) is 7.03. The maximum atomic E-state index is 10.1. The van der Waals surface area contributed by atoms with Crippen LogP contribution in [0.4, 0.5) is 0 Å². The lowest BCUT2D eigenvalue weighted by atomic mass is 9.97. The molecule has 0 fully saturated rings. The molecule has 1 aromatic rings. The zero-order valence-corrected chi connectivity index (χ0v) is 10.4. The summed E-state index contributed by atoms with van der Waals surface area (Å²) in [5.41, 5.74) is 3.21. The number of rotatable bonds is 0. The van der Waals surface area contributed by atoms with Crippen molar-refractivity contribution in [1.82, 2.24) is 0 Å². The lowest BCUT2D eigenvalue weighted by molar-refractivity contribution is 0.174. The van der Waals surface area contributed by atoms with E-state index in [2.05, 4.69) is 0 Å². The smallest absolute Gasteiger partial charge is 0.127 e. The number of fused-ring (bicyclic) bond motifs is 3. The Kier molecular flexibility index (Phi) is 2.78. The van der Waals surface area contributed by atoms with Crippen LogP contribution in [0.5, 0.6) is 5.75 Å². The van der Waals surface area contributed by atoms with Gasteiger partial charge in [0.05, 0.1) is 12.7 Å². The molecule has 16 heavy (non-hydrogen) atoms. The molecule has 1 atom stereocenters. The molecule has 0 aromatic heterocycles. The van der Waals surface area contributed by atoms with Crippen LogP contribution in [0, 0.1) is 0 Å². The molecule has 0 spiro atoms. The van der Waals surface area contributed by atoms with Crippen LogP contribution in [0.25, 0.3) is 0 Å². The number of benzene rings is 1. The number of hydrogen-bond acceptors (Lipinski definition) is 3. The predicted molar refractivity (Wildman–Crippen MR) is 66.4 cm³/mol. The summed E-state index contributed by atoms with van der Waals surface area (Å²) in [6.07, 6.45) is 1.27. The van der Waals surface area contributed by atoms with E-state index in [0.717, 1.165) is 47.8 Å². The van der Waals surface area contributed by atoms with Crippen LogP contribution in [0.2, 0.25) is 5.02 Å². The van der Waals surface area contributed by atoms with Gasteiger partial charge in [-0.2, -0.15) is 11.8 Å². The molecule has 3 rings (SSSR count). The Morgan fingerprint density at radius 2 is 2.38 bits per heavy atom. The van der Waals surface area contributed by atoms with Gasteiger partial charge < -0.3 is 9.84 Å². The van der Waals surface area contributed by atoms with Gasteiger partial charge >= 0.3 is 0 Å².